The molecule has 0 N–H and O–H groups in total. The van der Waals surface area contributed by atoms with Crippen molar-refractivity contribution >= 4 is 39.7 Å². The van der Waals surface area contributed by atoms with Gasteiger partial charge in [0, 0.05) is 23.1 Å². The number of fused-ring (bicyclic) bond motifs is 2. The summed E-state index contributed by atoms with van der Waals surface area (Å²) in [6.07, 6.45) is 0.249. The monoisotopic (exact) mass is 526 g/mol. The second-order valence-electron chi connectivity index (χ2n) is 8.45. The van der Waals surface area contributed by atoms with Gasteiger partial charge in [0.05, 0.1) is 28.6 Å². The van der Waals surface area contributed by atoms with Gasteiger partial charge in [-0.25, -0.2) is 9.78 Å². The van der Waals surface area contributed by atoms with Crippen LogP contribution < -0.4 is 10.3 Å². The highest BCUT2D eigenvalue weighted by molar-refractivity contribution is 5.87. The Kier molecular flexibility index (Phi) is 6.87. The molecule has 0 aliphatic carbocycles. The third-order valence-electron chi connectivity index (χ3n) is 5.84. The number of nitro benzene ring substituents is 1. The Bertz CT molecular complexity index is 1770. The maximum Gasteiger partial charge on any atom is 0.347 e. The molecule has 0 spiro atoms. The fraction of sp³-hybridized carbons (Fsp3) is 0.143. The summed E-state index contributed by atoms with van der Waals surface area (Å²) in [7, 11) is 0. The molecular formula is C28H22N4O7. The van der Waals surface area contributed by atoms with Crippen molar-refractivity contribution in [2.75, 3.05) is 6.61 Å². The highest BCUT2D eigenvalue weighted by atomic mass is 16.6. The number of esters is 1. The average molecular weight is 527 g/mol. The molecule has 0 bridgehead atoms. The van der Waals surface area contributed by atoms with Gasteiger partial charge in [-0.05, 0) is 44.2 Å². The van der Waals surface area contributed by atoms with Crippen LogP contribution in [0.2, 0.25) is 0 Å². The van der Waals surface area contributed by atoms with Gasteiger partial charge in [0.1, 0.15) is 11.3 Å². The van der Waals surface area contributed by atoms with E-state index < -0.39 is 22.6 Å². The van der Waals surface area contributed by atoms with Crippen molar-refractivity contribution in [1.29, 1.82) is 0 Å². The summed E-state index contributed by atoms with van der Waals surface area (Å²) < 4.78 is 17.7. The van der Waals surface area contributed by atoms with Crippen LogP contribution in [-0.4, -0.2) is 39.5 Å². The van der Waals surface area contributed by atoms with Crippen LogP contribution in [0.5, 0.6) is 5.75 Å². The Morgan fingerprint density at radius 1 is 1.15 bits per heavy atom. The second kappa shape index (κ2) is 10.6. The summed E-state index contributed by atoms with van der Waals surface area (Å²) in [5.74, 6) is -0.0144. The lowest BCUT2D eigenvalue weighted by molar-refractivity contribution is -0.384. The highest BCUT2D eigenvalue weighted by Gasteiger charge is 2.20. The van der Waals surface area contributed by atoms with Crippen LogP contribution in [0, 0.1) is 10.1 Å². The number of ether oxygens (including phenoxy) is 2. The Labute approximate surface area is 221 Å². The van der Waals surface area contributed by atoms with E-state index in [1.807, 2.05) is 18.2 Å². The van der Waals surface area contributed by atoms with Gasteiger partial charge in [0.15, 0.2) is 11.9 Å². The standard InChI is InChI=1S/C28H22N4O7/c1-3-37-28(34)17(2)38-24-13-12-20(32(35)36)14-19(24)16-29-31-26(25-15-18-8-4-7-11-23(18)39-25)30-22-10-6-5-9-21(22)27(31)33/h4-17H,3H2,1-2H3/t17-/m0/s1. The predicted molar refractivity (Wildman–Crippen MR) is 144 cm³/mol. The Morgan fingerprint density at radius 3 is 2.69 bits per heavy atom. The number of non-ortho nitro benzene ring substituents is 1. The number of nitrogens with zero attached hydrogens (tertiary/aromatic N) is 4. The molecule has 11 heteroatoms. The summed E-state index contributed by atoms with van der Waals surface area (Å²) in [6, 6.07) is 19.8. The lowest BCUT2D eigenvalue weighted by Crippen LogP contribution is -2.26. The molecular weight excluding hydrogens is 504 g/mol. The predicted octanol–water partition coefficient (Wildman–Crippen LogP) is 4.93. The molecule has 0 aliphatic heterocycles. The number of aromatic nitrogens is 2. The van der Waals surface area contributed by atoms with Crippen molar-refractivity contribution in [1.82, 2.24) is 9.66 Å². The van der Waals surface area contributed by atoms with Gasteiger partial charge < -0.3 is 13.9 Å². The number of rotatable bonds is 8. The molecule has 0 radical (unpaired) electrons. The molecule has 5 aromatic rings. The summed E-state index contributed by atoms with van der Waals surface area (Å²) in [5.41, 5.74) is 0.518. The van der Waals surface area contributed by atoms with Crippen molar-refractivity contribution in [3.05, 3.63) is 98.8 Å². The first-order valence-electron chi connectivity index (χ1n) is 12.0. The van der Waals surface area contributed by atoms with Crippen LogP contribution in [0.25, 0.3) is 33.5 Å². The number of carbonyl (C=O) groups excluding carboxylic acids is 1. The quantitative estimate of drug-likeness (QED) is 0.120. The van der Waals surface area contributed by atoms with Crippen molar-refractivity contribution in [2.45, 2.75) is 20.0 Å². The van der Waals surface area contributed by atoms with Gasteiger partial charge in [-0.15, -0.1) is 0 Å². The number of carbonyl (C=O) groups is 1. The second-order valence-corrected chi connectivity index (χ2v) is 8.45. The third-order valence-corrected chi connectivity index (χ3v) is 5.84. The minimum absolute atomic E-state index is 0.136. The molecule has 196 valence electrons. The molecule has 11 nitrogen and oxygen atoms in total. The number of hydrogen-bond acceptors (Lipinski definition) is 9. The summed E-state index contributed by atoms with van der Waals surface area (Å²) in [5, 5.41) is 16.9. The Morgan fingerprint density at radius 2 is 1.92 bits per heavy atom. The molecule has 0 amide bonds. The van der Waals surface area contributed by atoms with E-state index >= 15 is 0 Å². The maximum atomic E-state index is 13.5. The number of furan rings is 1. The first kappa shape index (κ1) is 25.3. The summed E-state index contributed by atoms with van der Waals surface area (Å²) in [6.45, 7) is 3.34. The van der Waals surface area contributed by atoms with Crippen molar-refractivity contribution < 1.29 is 23.6 Å². The van der Waals surface area contributed by atoms with E-state index in [4.69, 9.17) is 13.9 Å². The molecule has 0 unspecified atom stereocenters. The summed E-state index contributed by atoms with van der Waals surface area (Å²) >= 11 is 0. The normalized spacial score (nSPS) is 12.2. The lowest BCUT2D eigenvalue weighted by Gasteiger charge is -2.15. The molecule has 3 aromatic carbocycles. The SMILES string of the molecule is CCOC(=O)[C@H](C)Oc1ccc([N+](=O)[O-])cc1C=Nn1c(-c2cc3ccccc3o2)nc2ccccc2c1=O. The van der Waals surface area contributed by atoms with Crippen LogP contribution >= 0.6 is 0 Å². The van der Waals surface area contributed by atoms with E-state index in [2.05, 4.69) is 10.1 Å². The molecule has 0 aliphatic rings. The van der Waals surface area contributed by atoms with Crippen LogP contribution in [0.4, 0.5) is 5.69 Å². The minimum atomic E-state index is -0.991. The van der Waals surface area contributed by atoms with Gasteiger partial charge in [0.2, 0.25) is 5.82 Å². The van der Waals surface area contributed by atoms with Crippen molar-refractivity contribution in [2.24, 2.45) is 5.10 Å². The van der Waals surface area contributed by atoms with Crippen molar-refractivity contribution in [3.63, 3.8) is 0 Å². The van der Waals surface area contributed by atoms with Gasteiger partial charge in [0.25, 0.3) is 11.2 Å². The molecule has 2 heterocycles. The fourth-order valence-corrected chi connectivity index (χ4v) is 3.96. The third kappa shape index (κ3) is 5.10. The van der Waals surface area contributed by atoms with Gasteiger partial charge in [-0.3, -0.25) is 14.9 Å². The Hall–Kier alpha value is -5.32. The van der Waals surface area contributed by atoms with Gasteiger partial charge in [-0.1, -0.05) is 30.3 Å². The number of para-hydroxylation sites is 2. The highest BCUT2D eigenvalue weighted by Crippen LogP contribution is 2.28. The summed E-state index contributed by atoms with van der Waals surface area (Å²) in [4.78, 5) is 41.1. The number of hydrogen-bond donors (Lipinski definition) is 0. The average Bonchev–Trinajstić information content (AvgIpc) is 3.37. The minimum Gasteiger partial charge on any atom is -0.478 e. The molecule has 39 heavy (non-hydrogen) atoms. The fourth-order valence-electron chi connectivity index (χ4n) is 3.96. The first-order chi connectivity index (χ1) is 18.9. The van der Waals surface area contributed by atoms with E-state index in [-0.39, 0.29) is 29.4 Å². The maximum absolute atomic E-state index is 13.5. The largest absolute Gasteiger partial charge is 0.478 e. The van der Waals surface area contributed by atoms with E-state index in [9.17, 15) is 19.7 Å². The van der Waals surface area contributed by atoms with Gasteiger partial charge in [-0.2, -0.15) is 9.78 Å². The van der Waals surface area contributed by atoms with Crippen LogP contribution in [0.15, 0.2) is 87.1 Å². The topological polar surface area (TPSA) is 139 Å². The van der Waals surface area contributed by atoms with Crippen molar-refractivity contribution in [3.8, 4) is 17.3 Å². The van der Waals surface area contributed by atoms with E-state index in [1.54, 1.807) is 43.3 Å². The zero-order valence-corrected chi connectivity index (χ0v) is 20.9. The number of nitro groups is 1. The van der Waals surface area contributed by atoms with Crippen LogP contribution in [0.1, 0.15) is 19.4 Å². The van der Waals surface area contributed by atoms with Crippen LogP contribution in [0.3, 0.4) is 0 Å². The molecule has 0 saturated carbocycles. The Balaban J connectivity index is 1.65. The lowest BCUT2D eigenvalue weighted by atomic mass is 10.2. The molecule has 2 aromatic heterocycles. The zero-order valence-electron chi connectivity index (χ0n) is 20.9. The zero-order chi connectivity index (χ0) is 27.5. The van der Waals surface area contributed by atoms with E-state index in [0.29, 0.717) is 22.2 Å². The van der Waals surface area contributed by atoms with Crippen LogP contribution in [-0.2, 0) is 9.53 Å². The molecule has 5 rings (SSSR count). The van der Waals surface area contributed by atoms with Gasteiger partial charge >= 0.3 is 5.97 Å². The molecule has 0 saturated heterocycles. The smallest absolute Gasteiger partial charge is 0.347 e. The van der Waals surface area contributed by atoms with E-state index in [0.717, 1.165) is 10.1 Å². The first-order valence-corrected chi connectivity index (χ1v) is 12.0. The molecule has 1 atom stereocenters. The number of benzene rings is 3. The molecule has 0 fully saturated rings. The van der Waals surface area contributed by atoms with E-state index in [1.165, 1.54) is 31.3 Å².